The molecule has 9 rings (SSSR count). The number of furan rings is 1. The molecule has 0 saturated carbocycles. The van der Waals surface area contributed by atoms with E-state index in [4.69, 9.17) is 14.4 Å². The molecule has 0 aliphatic carbocycles. The molecule has 0 spiro atoms. The monoisotopic (exact) mass is 496 g/mol. The summed E-state index contributed by atoms with van der Waals surface area (Å²) in [6.07, 6.45) is 0. The van der Waals surface area contributed by atoms with E-state index < -0.39 is 0 Å². The van der Waals surface area contributed by atoms with Crippen molar-refractivity contribution in [2.45, 2.75) is 0 Å². The fourth-order valence-electron chi connectivity index (χ4n) is 6.41. The number of rotatable bonds is 2. The van der Waals surface area contributed by atoms with Crippen molar-refractivity contribution in [3.63, 3.8) is 0 Å². The van der Waals surface area contributed by atoms with Crippen LogP contribution in [-0.4, -0.2) is 9.97 Å². The van der Waals surface area contributed by atoms with Gasteiger partial charge in [-0.2, -0.15) is 0 Å². The molecular formula is C36H20N2O. The van der Waals surface area contributed by atoms with E-state index in [-0.39, 0.29) is 0 Å². The summed E-state index contributed by atoms with van der Waals surface area (Å²) in [5, 5.41) is 10.5. The minimum Gasteiger partial charge on any atom is -0.455 e. The summed E-state index contributed by atoms with van der Waals surface area (Å²) >= 11 is 0. The number of aromatic nitrogens is 2. The second-order valence-electron chi connectivity index (χ2n) is 10.1. The minimum atomic E-state index is 0.676. The number of hydrogen-bond acceptors (Lipinski definition) is 3. The predicted octanol–water partition coefficient (Wildman–Crippen LogP) is 9.76. The van der Waals surface area contributed by atoms with Gasteiger partial charge in [-0.3, -0.25) is 0 Å². The number of nitrogens with zero attached hydrogens (tertiary/aromatic N) is 2. The number of hydrogen-bond donors (Lipinski definition) is 0. The van der Waals surface area contributed by atoms with Gasteiger partial charge in [0.1, 0.15) is 11.2 Å². The van der Waals surface area contributed by atoms with Gasteiger partial charge in [0.15, 0.2) is 5.82 Å². The Hall–Kier alpha value is -5.28. The normalized spacial score (nSPS) is 12.1. The number of fused-ring (bicyclic) bond motifs is 6. The van der Waals surface area contributed by atoms with E-state index in [1.165, 1.54) is 26.9 Å². The zero-order valence-corrected chi connectivity index (χ0v) is 20.8. The largest absolute Gasteiger partial charge is 0.455 e. The molecule has 0 bridgehead atoms. The van der Waals surface area contributed by atoms with Gasteiger partial charge in [0.25, 0.3) is 0 Å². The average molecular weight is 497 g/mol. The first-order valence-corrected chi connectivity index (χ1v) is 13.2. The van der Waals surface area contributed by atoms with Gasteiger partial charge in [-0.05, 0) is 39.1 Å². The van der Waals surface area contributed by atoms with Crippen LogP contribution in [-0.2, 0) is 0 Å². The Balaban J connectivity index is 1.53. The van der Waals surface area contributed by atoms with Crippen LogP contribution in [0.5, 0.6) is 0 Å². The Kier molecular flexibility index (Phi) is 4.05. The molecule has 3 heteroatoms. The van der Waals surface area contributed by atoms with Crippen molar-refractivity contribution in [2.24, 2.45) is 0 Å². The van der Waals surface area contributed by atoms with Crippen LogP contribution in [0.15, 0.2) is 126 Å². The van der Waals surface area contributed by atoms with Crippen molar-refractivity contribution >= 4 is 65.2 Å². The van der Waals surface area contributed by atoms with Crippen molar-refractivity contribution < 1.29 is 4.42 Å². The van der Waals surface area contributed by atoms with Crippen LogP contribution in [0.1, 0.15) is 0 Å². The second kappa shape index (κ2) is 7.62. The lowest BCUT2D eigenvalue weighted by Gasteiger charge is -2.15. The van der Waals surface area contributed by atoms with Crippen LogP contribution >= 0.6 is 0 Å². The van der Waals surface area contributed by atoms with Crippen LogP contribution in [0.4, 0.5) is 0 Å². The van der Waals surface area contributed by atoms with E-state index in [1.807, 2.05) is 18.2 Å². The van der Waals surface area contributed by atoms with Gasteiger partial charge in [-0.25, -0.2) is 9.97 Å². The topological polar surface area (TPSA) is 38.9 Å². The predicted molar refractivity (Wildman–Crippen MR) is 161 cm³/mol. The first kappa shape index (κ1) is 20.7. The van der Waals surface area contributed by atoms with Gasteiger partial charge < -0.3 is 4.42 Å². The molecule has 2 aromatic heterocycles. The molecule has 7 aromatic carbocycles. The maximum Gasteiger partial charge on any atom is 0.164 e. The van der Waals surface area contributed by atoms with Gasteiger partial charge in [0, 0.05) is 27.1 Å². The van der Waals surface area contributed by atoms with Crippen LogP contribution < -0.4 is 0 Å². The molecule has 0 fully saturated rings. The zero-order chi connectivity index (χ0) is 25.5. The highest BCUT2D eigenvalue weighted by molar-refractivity contribution is 6.40. The third-order valence-corrected chi connectivity index (χ3v) is 8.02. The molecule has 3 nitrogen and oxygen atoms in total. The van der Waals surface area contributed by atoms with Crippen molar-refractivity contribution in [3.8, 4) is 22.6 Å². The first-order valence-electron chi connectivity index (χ1n) is 13.2. The lowest BCUT2D eigenvalue weighted by Crippen LogP contribution is -1.97. The van der Waals surface area contributed by atoms with Gasteiger partial charge >= 0.3 is 0 Å². The Morgan fingerprint density at radius 1 is 0.436 bits per heavy atom. The smallest absolute Gasteiger partial charge is 0.164 e. The fourth-order valence-corrected chi connectivity index (χ4v) is 6.41. The summed E-state index contributed by atoms with van der Waals surface area (Å²) in [4.78, 5) is 10.4. The summed E-state index contributed by atoms with van der Waals surface area (Å²) in [5.41, 5.74) is 5.57. The minimum absolute atomic E-state index is 0.676. The van der Waals surface area contributed by atoms with Crippen LogP contribution in [0.2, 0.25) is 0 Å². The molecule has 0 aliphatic heterocycles. The van der Waals surface area contributed by atoms with Crippen LogP contribution in [0.25, 0.3) is 87.8 Å². The molecule has 0 saturated heterocycles. The summed E-state index contributed by atoms with van der Waals surface area (Å²) in [6, 6.07) is 42.2. The molecule has 0 atom stereocenters. The Bertz CT molecular complexity index is 2390. The third-order valence-electron chi connectivity index (χ3n) is 8.02. The highest BCUT2D eigenvalue weighted by Crippen LogP contribution is 2.49. The van der Waals surface area contributed by atoms with E-state index in [0.717, 1.165) is 55.0 Å². The van der Waals surface area contributed by atoms with E-state index in [9.17, 15) is 0 Å². The number of para-hydroxylation sites is 1. The Morgan fingerprint density at radius 2 is 1.05 bits per heavy atom. The van der Waals surface area contributed by atoms with Crippen LogP contribution in [0.3, 0.4) is 0 Å². The van der Waals surface area contributed by atoms with E-state index in [2.05, 4.69) is 103 Å². The van der Waals surface area contributed by atoms with E-state index in [1.54, 1.807) is 0 Å². The summed E-state index contributed by atoms with van der Waals surface area (Å²) < 4.78 is 6.76. The molecule has 0 N–H and O–H groups in total. The van der Waals surface area contributed by atoms with Crippen molar-refractivity contribution in [2.75, 3.05) is 0 Å². The Morgan fingerprint density at radius 3 is 1.87 bits per heavy atom. The van der Waals surface area contributed by atoms with Crippen LogP contribution in [0, 0.1) is 0 Å². The highest BCUT2D eigenvalue weighted by Gasteiger charge is 2.25. The molecule has 0 aliphatic rings. The number of benzene rings is 7. The third kappa shape index (κ3) is 2.76. The van der Waals surface area contributed by atoms with E-state index >= 15 is 0 Å². The van der Waals surface area contributed by atoms with Gasteiger partial charge in [-0.1, -0.05) is 109 Å². The maximum atomic E-state index is 6.76. The van der Waals surface area contributed by atoms with Crippen molar-refractivity contribution in [1.82, 2.24) is 9.97 Å². The van der Waals surface area contributed by atoms with Gasteiger partial charge in [0.05, 0.1) is 16.8 Å². The van der Waals surface area contributed by atoms with Crippen molar-refractivity contribution in [1.29, 1.82) is 0 Å². The molecule has 39 heavy (non-hydrogen) atoms. The zero-order valence-electron chi connectivity index (χ0n) is 20.8. The fraction of sp³-hybridized carbons (Fsp3) is 0. The van der Waals surface area contributed by atoms with Gasteiger partial charge in [-0.15, -0.1) is 0 Å². The molecule has 2 heterocycles. The summed E-state index contributed by atoms with van der Waals surface area (Å²) in [5.74, 6) is 0.676. The van der Waals surface area contributed by atoms with E-state index in [0.29, 0.717) is 5.82 Å². The molecule has 9 aromatic rings. The lowest BCUT2D eigenvalue weighted by molar-refractivity contribution is 0.670. The molecule has 0 unspecified atom stereocenters. The highest BCUT2D eigenvalue weighted by atomic mass is 16.3. The quantitative estimate of drug-likeness (QED) is 0.224. The maximum absolute atomic E-state index is 6.76. The first-order chi connectivity index (χ1) is 19.4. The molecular weight excluding hydrogens is 476 g/mol. The van der Waals surface area contributed by atoms with Gasteiger partial charge in [0.2, 0.25) is 0 Å². The molecule has 0 amide bonds. The SMILES string of the molecule is c1ccc(-c2nc(-c3c4ccccc4c4c5ccccc5c5cccc6oc3c4c65)nc3ccccc23)cc1. The standard InChI is InChI=1S/C36H20N2O/c1-2-11-21(12-3-1)34-27-17-8-9-19-28(27)37-36(38-34)32-26-16-7-6-15-25(26)30-23-14-5-4-13-22(23)24-18-10-20-29-31(24)33(30)35(32)39-29/h1-20H. The molecule has 0 radical (unpaired) electrons. The summed E-state index contributed by atoms with van der Waals surface area (Å²) in [7, 11) is 0. The summed E-state index contributed by atoms with van der Waals surface area (Å²) in [6.45, 7) is 0. The second-order valence-corrected chi connectivity index (χ2v) is 10.1. The lowest BCUT2D eigenvalue weighted by atomic mass is 9.89. The molecule has 180 valence electrons. The van der Waals surface area contributed by atoms with Crippen molar-refractivity contribution in [3.05, 3.63) is 121 Å². The Labute approximate surface area is 223 Å². The average Bonchev–Trinajstić information content (AvgIpc) is 3.39.